The number of Topliss-reactive ketones (excluding diaryl/α,β-unsaturated/α-hetero) is 1. The van der Waals surface area contributed by atoms with Gasteiger partial charge in [0.05, 0.1) is 5.39 Å². The second-order valence-corrected chi connectivity index (χ2v) is 6.70. The second-order valence-electron chi connectivity index (χ2n) is 6.70. The van der Waals surface area contributed by atoms with E-state index in [1.807, 2.05) is 17.2 Å². The zero-order valence-corrected chi connectivity index (χ0v) is 16.0. The minimum Gasteiger partial charge on any atom is -0.481 e. The lowest BCUT2D eigenvalue weighted by Crippen LogP contribution is -2.49. The molecule has 0 aromatic carbocycles. The van der Waals surface area contributed by atoms with E-state index in [0.717, 1.165) is 29.7 Å². The van der Waals surface area contributed by atoms with E-state index in [9.17, 15) is 14.4 Å². The van der Waals surface area contributed by atoms with Gasteiger partial charge in [-0.3, -0.25) is 14.4 Å². The molecule has 1 saturated heterocycles. The molecule has 9 heteroatoms. The van der Waals surface area contributed by atoms with Crippen molar-refractivity contribution in [2.75, 3.05) is 11.9 Å². The van der Waals surface area contributed by atoms with Crippen LogP contribution in [0.1, 0.15) is 33.1 Å². The first-order valence-corrected chi connectivity index (χ1v) is 9.00. The molecule has 3 N–H and O–H groups in total. The van der Waals surface area contributed by atoms with Gasteiger partial charge in [0.1, 0.15) is 30.0 Å². The summed E-state index contributed by atoms with van der Waals surface area (Å²) < 4.78 is 0. The highest BCUT2D eigenvalue weighted by molar-refractivity contribution is 5.93. The summed E-state index contributed by atoms with van der Waals surface area (Å²) in [6.07, 6.45) is 6.39. The number of H-pyrrole nitrogens is 1. The van der Waals surface area contributed by atoms with E-state index in [-0.39, 0.29) is 30.2 Å². The molecule has 150 valence electrons. The average molecular weight is 387 g/mol. The van der Waals surface area contributed by atoms with E-state index in [0.29, 0.717) is 6.54 Å². The van der Waals surface area contributed by atoms with Crippen molar-refractivity contribution in [3.63, 3.8) is 0 Å². The number of carboxylic acids is 1. The van der Waals surface area contributed by atoms with Crippen LogP contribution in [0.15, 0.2) is 31.2 Å². The number of amides is 1. The molecule has 2 aromatic rings. The van der Waals surface area contributed by atoms with Crippen LogP contribution in [0.25, 0.3) is 11.0 Å². The van der Waals surface area contributed by atoms with Gasteiger partial charge in [-0.25, -0.2) is 9.97 Å². The van der Waals surface area contributed by atoms with Crippen molar-refractivity contribution in [3.05, 3.63) is 31.2 Å². The molecule has 0 bridgehead atoms. The minimum absolute atomic E-state index is 0.0107. The Kier molecular flexibility index (Phi) is 7.25. The van der Waals surface area contributed by atoms with Crippen molar-refractivity contribution in [2.45, 2.75) is 45.2 Å². The quantitative estimate of drug-likeness (QED) is 0.528. The summed E-state index contributed by atoms with van der Waals surface area (Å²) in [5.41, 5.74) is 0.815. The van der Waals surface area contributed by atoms with E-state index in [4.69, 9.17) is 5.11 Å². The van der Waals surface area contributed by atoms with Crippen LogP contribution in [0, 0.1) is 0 Å². The number of nitrogens with one attached hydrogen (secondary N) is 2. The molecule has 0 aliphatic carbocycles. The van der Waals surface area contributed by atoms with Crippen LogP contribution in [0.5, 0.6) is 0 Å². The second kappa shape index (κ2) is 9.63. The lowest BCUT2D eigenvalue weighted by atomic mass is 9.99. The predicted octanol–water partition coefficient (Wildman–Crippen LogP) is 1.99. The number of carboxylic acid groups (broad SMARTS) is 1. The van der Waals surface area contributed by atoms with E-state index in [2.05, 4.69) is 33.8 Å². The van der Waals surface area contributed by atoms with Gasteiger partial charge in [0.25, 0.3) is 0 Å². The summed E-state index contributed by atoms with van der Waals surface area (Å²) in [5.74, 6) is -0.574. The van der Waals surface area contributed by atoms with E-state index >= 15 is 0 Å². The number of likely N-dealkylation sites (tertiary alicyclic amines) is 1. The zero-order valence-electron chi connectivity index (χ0n) is 16.0. The van der Waals surface area contributed by atoms with Crippen LogP contribution in [0.4, 0.5) is 5.82 Å². The average Bonchev–Trinajstić information content (AvgIpc) is 3.12. The predicted molar refractivity (Wildman–Crippen MR) is 105 cm³/mol. The van der Waals surface area contributed by atoms with Crippen LogP contribution < -0.4 is 5.32 Å². The maximum atomic E-state index is 11.9. The molecule has 1 fully saturated rings. The summed E-state index contributed by atoms with van der Waals surface area (Å²) in [6.45, 7) is 7.57. The number of piperidine rings is 1. The van der Waals surface area contributed by atoms with Crippen LogP contribution >= 0.6 is 0 Å². The fourth-order valence-electron chi connectivity index (χ4n) is 3.04. The van der Waals surface area contributed by atoms with E-state index < -0.39 is 5.97 Å². The molecular weight excluding hydrogens is 362 g/mol. The van der Waals surface area contributed by atoms with Gasteiger partial charge in [-0.2, -0.15) is 0 Å². The number of carbonyl (C=O) groups excluding carboxylic acids is 2. The van der Waals surface area contributed by atoms with Gasteiger partial charge in [-0.05, 0) is 38.8 Å². The molecule has 28 heavy (non-hydrogen) atoms. The summed E-state index contributed by atoms with van der Waals surface area (Å²) in [4.78, 5) is 44.8. The monoisotopic (exact) mass is 387 g/mol. The van der Waals surface area contributed by atoms with Crippen LogP contribution in [0.2, 0.25) is 0 Å². The number of anilines is 1. The minimum atomic E-state index is -1.06. The number of ketones is 1. The first-order chi connectivity index (χ1) is 13.3. The normalized spacial score (nSPS) is 18.7. The number of aliphatic carboxylic acids is 1. The number of hydrogen-bond donors (Lipinski definition) is 3. The molecular formula is C19H25N5O4. The maximum Gasteiger partial charge on any atom is 0.310 e. The number of aromatic amines is 1. The third-order valence-electron chi connectivity index (χ3n) is 4.43. The molecule has 1 aliphatic rings. The fourth-order valence-corrected chi connectivity index (χ4v) is 3.04. The largest absolute Gasteiger partial charge is 0.481 e. The molecule has 1 aliphatic heterocycles. The molecule has 3 heterocycles. The number of hydrogen-bond acceptors (Lipinski definition) is 6. The number of carbonyl (C=O) groups is 3. The van der Waals surface area contributed by atoms with Gasteiger partial charge in [-0.15, -0.1) is 0 Å². The fraction of sp³-hybridized carbons (Fsp3) is 0.421. The Balaban J connectivity index is 0.000000345. The van der Waals surface area contributed by atoms with Gasteiger partial charge in [0.15, 0.2) is 0 Å². The Morgan fingerprint density at radius 2 is 2.14 bits per heavy atom. The first kappa shape index (κ1) is 21.1. The highest BCUT2D eigenvalue weighted by Gasteiger charge is 2.28. The van der Waals surface area contributed by atoms with Crippen molar-refractivity contribution < 1.29 is 19.5 Å². The van der Waals surface area contributed by atoms with Crippen molar-refractivity contribution in [3.8, 4) is 0 Å². The maximum absolute atomic E-state index is 11.9. The molecule has 1 amide bonds. The van der Waals surface area contributed by atoms with Crippen molar-refractivity contribution in [1.29, 1.82) is 0 Å². The highest BCUT2D eigenvalue weighted by atomic mass is 16.4. The lowest BCUT2D eigenvalue weighted by molar-refractivity contribution is -0.139. The molecule has 3 rings (SSSR count). The highest BCUT2D eigenvalue weighted by Crippen LogP contribution is 2.23. The summed E-state index contributed by atoms with van der Waals surface area (Å²) >= 11 is 0. The van der Waals surface area contributed by atoms with Crippen molar-refractivity contribution in [2.24, 2.45) is 0 Å². The Labute approximate surface area is 162 Å². The van der Waals surface area contributed by atoms with Crippen LogP contribution in [-0.2, 0) is 14.4 Å². The SMILES string of the molecule is C=CC(=O)N1C[C@H](Nc2ncnc3[nH]ccc23)CC[C@@H]1C.CC(=O)CC(=O)O. The third-order valence-corrected chi connectivity index (χ3v) is 4.43. The molecule has 9 nitrogen and oxygen atoms in total. The van der Waals surface area contributed by atoms with E-state index in [1.54, 1.807) is 6.33 Å². The van der Waals surface area contributed by atoms with Crippen LogP contribution in [0.3, 0.4) is 0 Å². The number of aromatic nitrogens is 3. The Morgan fingerprint density at radius 3 is 2.75 bits per heavy atom. The van der Waals surface area contributed by atoms with Crippen molar-refractivity contribution >= 4 is 34.5 Å². The zero-order chi connectivity index (χ0) is 20.7. The molecule has 0 radical (unpaired) electrons. The van der Waals surface area contributed by atoms with Gasteiger partial charge in [-0.1, -0.05) is 6.58 Å². The Morgan fingerprint density at radius 1 is 1.39 bits per heavy atom. The lowest BCUT2D eigenvalue weighted by Gasteiger charge is -2.38. The summed E-state index contributed by atoms with van der Waals surface area (Å²) in [6, 6.07) is 2.40. The number of nitrogens with zero attached hydrogens (tertiary/aromatic N) is 3. The smallest absolute Gasteiger partial charge is 0.310 e. The van der Waals surface area contributed by atoms with Gasteiger partial charge in [0.2, 0.25) is 5.91 Å². The summed E-state index contributed by atoms with van der Waals surface area (Å²) in [7, 11) is 0. The third kappa shape index (κ3) is 5.63. The molecule has 0 unspecified atom stereocenters. The molecule has 0 saturated carbocycles. The van der Waals surface area contributed by atoms with E-state index in [1.165, 1.54) is 13.0 Å². The van der Waals surface area contributed by atoms with Gasteiger partial charge >= 0.3 is 5.97 Å². The first-order valence-electron chi connectivity index (χ1n) is 9.00. The van der Waals surface area contributed by atoms with Gasteiger partial charge < -0.3 is 20.3 Å². The van der Waals surface area contributed by atoms with Crippen LogP contribution in [-0.4, -0.2) is 61.2 Å². The van der Waals surface area contributed by atoms with Gasteiger partial charge in [0, 0.05) is 24.8 Å². The summed E-state index contributed by atoms with van der Waals surface area (Å²) in [5, 5.41) is 12.3. The Hall–Kier alpha value is -3.23. The molecule has 2 atom stereocenters. The number of fused-ring (bicyclic) bond motifs is 1. The topological polar surface area (TPSA) is 128 Å². The molecule has 0 spiro atoms. The number of rotatable bonds is 5. The van der Waals surface area contributed by atoms with Crippen molar-refractivity contribution in [1.82, 2.24) is 19.9 Å². The Bertz CT molecular complexity index is 851. The molecule has 2 aromatic heterocycles. The standard InChI is InChI=1S/C15H19N5O.C4H6O3/c1-3-13(21)20-8-11(5-4-10(20)2)19-15-12-6-7-16-14(12)17-9-18-15;1-3(5)2-4(6)7/h3,6-7,9-11H,1,4-5,8H2,2H3,(H2,16,17,18,19);2H2,1H3,(H,6,7)/t10-,11+;/m0./s1.